The van der Waals surface area contributed by atoms with Gasteiger partial charge < -0.3 is 15.0 Å². The van der Waals surface area contributed by atoms with Gasteiger partial charge in [-0.05, 0) is 35.7 Å². The number of carbonyl (C=O) groups is 2. The van der Waals surface area contributed by atoms with Gasteiger partial charge in [0, 0.05) is 18.5 Å². The summed E-state index contributed by atoms with van der Waals surface area (Å²) >= 11 is 0. The molecule has 5 nitrogen and oxygen atoms in total. The summed E-state index contributed by atoms with van der Waals surface area (Å²) in [7, 11) is 0. The molecule has 5 heteroatoms. The smallest absolute Gasteiger partial charge is 0.227 e. The van der Waals surface area contributed by atoms with Gasteiger partial charge in [0.2, 0.25) is 11.8 Å². The molecule has 1 heterocycles. The van der Waals surface area contributed by atoms with Crippen molar-refractivity contribution in [1.82, 2.24) is 0 Å². The number of hydrogen-bond acceptors (Lipinski definition) is 3. The molecular weight excluding hydrogens is 376 g/mol. The van der Waals surface area contributed by atoms with Crippen molar-refractivity contribution in [2.24, 2.45) is 0 Å². The van der Waals surface area contributed by atoms with Crippen LogP contribution in [0.2, 0.25) is 0 Å². The maximum atomic E-state index is 12.7. The fraction of sp³-hybridized carbons (Fsp3) is 0.200. The van der Waals surface area contributed by atoms with Crippen LogP contribution < -0.4 is 15.0 Å². The second kappa shape index (κ2) is 9.27. The molecule has 0 spiro atoms. The van der Waals surface area contributed by atoms with Crippen LogP contribution in [0.3, 0.4) is 0 Å². The van der Waals surface area contributed by atoms with Gasteiger partial charge in [0.25, 0.3) is 0 Å². The van der Waals surface area contributed by atoms with E-state index in [2.05, 4.69) is 17.4 Å². The molecule has 0 radical (unpaired) electrons. The molecule has 4 rings (SSSR count). The van der Waals surface area contributed by atoms with Crippen LogP contribution in [-0.4, -0.2) is 25.0 Å². The SMILES string of the molecule is O=C(CCC(=O)N1CCOc2ccccc21)Nc1ccccc1Cc1ccccc1. The predicted octanol–water partition coefficient (Wildman–Crippen LogP) is 4.42. The van der Waals surface area contributed by atoms with E-state index in [1.807, 2.05) is 66.7 Å². The van der Waals surface area contributed by atoms with Gasteiger partial charge in [-0.25, -0.2) is 0 Å². The van der Waals surface area contributed by atoms with E-state index in [0.29, 0.717) is 18.9 Å². The fourth-order valence-corrected chi connectivity index (χ4v) is 3.61. The van der Waals surface area contributed by atoms with E-state index in [1.165, 1.54) is 5.56 Å². The third-order valence-electron chi connectivity index (χ3n) is 5.12. The highest BCUT2D eigenvalue weighted by Gasteiger charge is 2.23. The largest absolute Gasteiger partial charge is 0.490 e. The average Bonchev–Trinajstić information content (AvgIpc) is 2.79. The molecule has 0 atom stereocenters. The van der Waals surface area contributed by atoms with Gasteiger partial charge >= 0.3 is 0 Å². The molecule has 0 aromatic heterocycles. The normalized spacial score (nSPS) is 12.6. The minimum absolute atomic E-state index is 0.0709. The first-order valence-corrected chi connectivity index (χ1v) is 10.1. The van der Waals surface area contributed by atoms with Crippen LogP contribution in [0.4, 0.5) is 11.4 Å². The van der Waals surface area contributed by atoms with Crippen LogP contribution >= 0.6 is 0 Å². The molecule has 1 N–H and O–H groups in total. The quantitative estimate of drug-likeness (QED) is 0.666. The summed E-state index contributed by atoms with van der Waals surface area (Å²) < 4.78 is 5.60. The van der Waals surface area contributed by atoms with Crippen molar-refractivity contribution in [3.63, 3.8) is 0 Å². The second-order valence-corrected chi connectivity index (χ2v) is 7.23. The number of para-hydroxylation sites is 3. The van der Waals surface area contributed by atoms with Crippen LogP contribution in [0.5, 0.6) is 5.75 Å². The van der Waals surface area contributed by atoms with E-state index in [-0.39, 0.29) is 24.7 Å². The first-order chi connectivity index (χ1) is 14.7. The molecule has 0 aliphatic carbocycles. The predicted molar refractivity (Wildman–Crippen MR) is 118 cm³/mol. The number of fused-ring (bicyclic) bond motifs is 1. The summed E-state index contributed by atoms with van der Waals surface area (Å²) in [5.74, 6) is 0.472. The van der Waals surface area contributed by atoms with E-state index in [1.54, 1.807) is 4.90 Å². The zero-order valence-corrected chi connectivity index (χ0v) is 16.7. The Bertz CT molecular complexity index is 1030. The molecule has 0 unspecified atom stereocenters. The Kier molecular flexibility index (Phi) is 6.09. The lowest BCUT2D eigenvalue weighted by Crippen LogP contribution is -2.38. The Morgan fingerprint density at radius 3 is 2.47 bits per heavy atom. The summed E-state index contributed by atoms with van der Waals surface area (Å²) in [6, 6.07) is 25.4. The second-order valence-electron chi connectivity index (χ2n) is 7.23. The maximum absolute atomic E-state index is 12.7. The molecule has 0 saturated carbocycles. The van der Waals surface area contributed by atoms with E-state index in [0.717, 1.165) is 23.4 Å². The first kappa shape index (κ1) is 19.7. The number of nitrogens with zero attached hydrogens (tertiary/aromatic N) is 1. The van der Waals surface area contributed by atoms with Gasteiger partial charge in [-0.3, -0.25) is 9.59 Å². The molecule has 0 saturated heterocycles. The van der Waals surface area contributed by atoms with Crippen LogP contribution in [0, 0.1) is 0 Å². The number of ether oxygens (including phenoxy) is 1. The Hall–Kier alpha value is -3.60. The summed E-state index contributed by atoms with van der Waals surface area (Å²) in [6.45, 7) is 0.958. The summed E-state index contributed by atoms with van der Waals surface area (Å²) in [5.41, 5.74) is 3.78. The van der Waals surface area contributed by atoms with Gasteiger partial charge in [0.05, 0.1) is 12.2 Å². The molecule has 152 valence electrons. The lowest BCUT2D eigenvalue weighted by Gasteiger charge is -2.29. The van der Waals surface area contributed by atoms with Gasteiger partial charge in [-0.15, -0.1) is 0 Å². The van der Waals surface area contributed by atoms with Crippen LogP contribution in [0.25, 0.3) is 0 Å². The van der Waals surface area contributed by atoms with Crippen LogP contribution in [0.15, 0.2) is 78.9 Å². The van der Waals surface area contributed by atoms with Gasteiger partial charge in [0.1, 0.15) is 12.4 Å². The number of hydrogen-bond donors (Lipinski definition) is 1. The highest BCUT2D eigenvalue weighted by atomic mass is 16.5. The van der Waals surface area contributed by atoms with E-state index >= 15 is 0 Å². The summed E-state index contributed by atoms with van der Waals surface area (Å²) in [4.78, 5) is 27.0. The Morgan fingerprint density at radius 2 is 1.60 bits per heavy atom. The van der Waals surface area contributed by atoms with Crippen molar-refractivity contribution >= 4 is 23.2 Å². The van der Waals surface area contributed by atoms with Crippen molar-refractivity contribution in [3.8, 4) is 5.75 Å². The zero-order chi connectivity index (χ0) is 20.8. The van der Waals surface area contributed by atoms with Crippen LogP contribution in [-0.2, 0) is 16.0 Å². The van der Waals surface area contributed by atoms with Gasteiger partial charge in [-0.2, -0.15) is 0 Å². The van der Waals surface area contributed by atoms with Crippen molar-refractivity contribution in [3.05, 3.63) is 90.0 Å². The number of amides is 2. The molecule has 2 amide bonds. The fourth-order valence-electron chi connectivity index (χ4n) is 3.61. The topological polar surface area (TPSA) is 58.6 Å². The molecule has 3 aromatic rings. The lowest BCUT2D eigenvalue weighted by molar-refractivity contribution is -0.122. The standard InChI is InChI=1S/C25H24N2O3/c28-24(14-15-25(29)27-16-17-30-23-13-7-6-12-22(23)27)26-21-11-5-4-10-20(21)18-19-8-2-1-3-9-19/h1-13H,14-18H2,(H,26,28). The van der Waals surface area contributed by atoms with Crippen molar-refractivity contribution in [2.45, 2.75) is 19.3 Å². The van der Waals surface area contributed by atoms with E-state index < -0.39 is 0 Å². The first-order valence-electron chi connectivity index (χ1n) is 10.1. The molecule has 30 heavy (non-hydrogen) atoms. The number of benzene rings is 3. The number of nitrogens with one attached hydrogen (secondary N) is 1. The molecule has 3 aromatic carbocycles. The van der Waals surface area contributed by atoms with E-state index in [9.17, 15) is 9.59 Å². The minimum atomic E-state index is -0.162. The number of rotatable bonds is 6. The van der Waals surface area contributed by atoms with Crippen molar-refractivity contribution in [2.75, 3.05) is 23.4 Å². The molecule has 0 fully saturated rings. The van der Waals surface area contributed by atoms with Crippen molar-refractivity contribution < 1.29 is 14.3 Å². The molecular formula is C25H24N2O3. The Morgan fingerprint density at radius 1 is 0.867 bits per heavy atom. The van der Waals surface area contributed by atoms with Crippen molar-refractivity contribution in [1.29, 1.82) is 0 Å². The Labute approximate surface area is 176 Å². The van der Waals surface area contributed by atoms with Gasteiger partial charge in [0.15, 0.2) is 0 Å². The highest BCUT2D eigenvalue weighted by molar-refractivity contribution is 5.99. The van der Waals surface area contributed by atoms with Gasteiger partial charge in [-0.1, -0.05) is 60.7 Å². The lowest BCUT2D eigenvalue weighted by atomic mass is 10.0. The average molecular weight is 400 g/mol. The van der Waals surface area contributed by atoms with Crippen LogP contribution in [0.1, 0.15) is 24.0 Å². The zero-order valence-electron chi connectivity index (χ0n) is 16.7. The third kappa shape index (κ3) is 4.69. The summed E-state index contributed by atoms with van der Waals surface area (Å²) in [6.07, 6.45) is 1.03. The molecule has 1 aliphatic rings. The minimum Gasteiger partial charge on any atom is -0.490 e. The monoisotopic (exact) mass is 400 g/mol. The molecule has 0 bridgehead atoms. The maximum Gasteiger partial charge on any atom is 0.227 e. The number of carbonyl (C=O) groups excluding carboxylic acids is 2. The highest BCUT2D eigenvalue weighted by Crippen LogP contribution is 2.31. The summed E-state index contributed by atoms with van der Waals surface area (Å²) in [5, 5.41) is 2.97. The third-order valence-corrected chi connectivity index (χ3v) is 5.12. The Balaban J connectivity index is 1.36. The van der Waals surface area contributed by atoms with E-state index in [4.69, 9.17) is 4.74 Å². The number of anilines is 2. The molecule has 1 aliphatic heterocycles.